The molecule has 408 valence electrons. The Bertz CT molecular complexity index is 2100. The van der Waals surface area contributed by atoms with Crippen molar-refractivity contribution < 1.29 is 25.9 Å². The van der Waals surface area contributed by atoms with Crippen molar-refractivity contribution in [3.05, 3.63) is 82.9 Å². The molecule has 0 N–H and O–H groups in total. The number of fused-ring (bicyclic) bond motifs is 2. The topological polar surface area (TPSA) is 114 Å². The maximum absolute atomic E-state index is 12.3. The summed E-state index contributed by atoms with van der Waals surface area (Å²) in [5.74, 6) is 0. The second kappa shape index (κ2) is 41.8. The molecule has 0 aliphatic rings. The predicted molar refractivity (Wildman–Crippen MR) is 313 cm³/mol. The molecule has 4 aromatic carbocycles. The number of unbranched alkanes of at least 4 members (excludes halogenated alkanes) is 32. The fourth-order valence-corrected chi connectivity index (χ4v) is 12.7. The summed E-state index contributed by atoms with van der Waals surface area (Å²) in [5.41, 5.74) is 3.87. The van der Waals surface area contributed by atoms with Crippen LogP contribution in [0.1, 0.15) is 281 Å². The first-order valence-corrected chi connectivity index (χ1v) is 32.8. The van der Waals surface area contributed by atoms with Crippen LogP contribution in [0.2, 0.25) is 0 Å². The summed E-state index contributed by atoms with van der Waals surface area (Å²) in [6.07, 6.45) is 48.4. The number of aryl methyl sites for hydroxylation is 4. The Morgan fingerprint density at radius 3 is 0.699 bits per heavy atom. The van der Waals surface area contributed by atoms with Crippen molar-refractivity contribution in [1.82, 2.24) is 0 Å². The van der Waals surface area contributed by atoms with Crippen molar-refractivity contribution >= 4 is 90.7 Å². The Morgan fingerprint density at radius 2 is 0.479 bits per heavy atom. The molecular formula is C64H102BaO6S2. The molecule has 0 radical (unpaired) electrons. The van der Waals surface area contributed by atoms with Crippen LogP contribution < -0.4 is 0 Å². The molecule has 6 nitrogen and oxygen atoms in total. The number of hydrogen-bond acceptors (Lipinski definition) is 6. The Hall–Kier alpha value is -1.21. The third-order valence-electron chi connectivity index (χ3n) is 15.0. The summed E-state index contributed by atoms with van der Waals surface area (Å²) in [4.78, 5) is 0.0435. The van der Waals surface area contributed by atoms with Gasteiger partial charge in [0.2, 0.25) is 0 Å². The van der Waals surface area contributed by atoms with Gasteiger partial charge in [-0.25, -0.2) is 16.8 Å². The van der Waals surface area contributed by atoms with Crippen LogP contribution in [0.4, 0.5) is 0 Å². The SMILES string of the molecule is CCCCCCCCCCCc1cc(CCCCCCCCCCC)c2ccccc2c1S(=O)(=O)[O-].CCCCCCCCCCCc1cc(CCCCCCCCCCC)c2ccccc2c1S(=O)(=O)[O-].[Ba+2]. The monoisotopic (exact) mass is 1170 g/mol. The molecule has 0 aliphatic heterocycles. The van der Waals surface area contributed by atoms with Gasteiger partial charge in [0, 0.05) is 0 Å². The standard InChI is InChI=1S/2C32H52O3S.Ba/c2*1-3-5-7-9-11-13-15-17-19-23-28-27-29(24-20-18-16-14-12-10-8-6-4-2)32(36(33,34)35)31-26-22-21-25-30(28)31;/h2*21-22,25-27H,3-20,23-24H2,1-2H3,(H,33,34,35);/q;;+2/p-2. The maximum Gasteiger partial charge on any atom is 2.00 e. The second-order valence-corrected chi connectivity index (χ2v) is 24.0. The molecule has 4 rings (SSSR count). The van der Waals surface area contributed by atoms with Crippen LogP contribution in [-0.2, 0) is 45.9 Å². The molecule has 0 bridgehead atoms. The smallest absolute Gasteiger partial charge is 0.744 e. The molecule has 0 fully saturated rings. The van der Waals surface area contributed by atoms with E-state index in [1.165, 1.54) is 204 Å². The summed E-state index contributed by atoms with van der Waals surface area (Å²) in [6, 6.07) is 19.3. The molecule has 0 spiro atoms. The Morgan fingerprint density at radius 1 is 0.288 bits per heavy atom. The molecule has 0 aliphatic carbocycles. The Balaban J connectivity index is 0.000000493. The van der Waals surface area contributed by atoms with E-state index in [1.807, 2.05) is 60.7 Å². The molecule has 0 saturated heterocycles. The summed E-state index contributed by atoms with van der Waals surface area (Å²) in [7, 11) is -9.06. The molecule has 0 atom stereocenters. The normalized spacial score (nSPS) is 11.8. The van der Waals surface area contributed by atoms with Crippen molar-refractivity contribution in [3.63, 3.8) is 0 Å². The zero-order chi connectivity index (χ0) is 52.1. The summed E-state index contributed by atoms with van der Waals surface area (Å²) < 4.78 is 73.9. The molecule has 0 heterocycles. The molecule has 73 heavy (non-hydrogen) atoms. The predicted octanol–water partition coefficient (Wildman–Crippen LogP) is 19.4. The van der Waals surface area contributed by atoms with Gasteiger partial charge in [-0.3, -0.25) is 0 Å². The largest absolute Gasteiger partial charge is 2.00 e. The van der Waals surface area contributed by atoms with Gasteiger partial charge in [-0.1, -0.05) is 294 Å². The number of rotatable bonds is 42. The molecular weight excluding hydrogens is 1070 g/mol. The summed E-state index contributed by atoms with van der Waals surface area (Å²) in [6.45, 7) is 8.99. The second-order valence-electron chi connectivity index (χ2n) is 21.4. The molecule has 9 heteroatoms. The van der Waals surface area contributed by atoms with E-state index in [1.54, 1.807) is 0 Å². The number of hydrogen-bond donors (Lipinski definition) is 0. The Labute approximate surface area is 489 Å². The van der Waals surface area contributed by atoms with Crippen LogP contribution in [0.15, 0.2) is 70.5 Å². The van der Waals surface area contributed by atoms with Gasteiger partial charge in [-0.05, 0) is 95.2 Å². The number of benzene rings is 4. The van der Waals surface area contributed by atoms with Crippen molar-refractivity contribution in [2.45, 2.75) is 294 Å². The average molecular weight is 1170 g/mol. The minimum atomic E-state index is -4.53. The fraction of sp³-hybridized carbons (Fsp3) is 0.688. The van der Waals surface area contributed by atoms with Gasteiger partial charge in [0.25, 0.3) is 0 Å². The molecule has 0 aromatic heterocycles. The van der Waals surface area contributed by atoms with Crippen LogP contribution in [0.25, 0.3) is 21.5 Å². The average Bonchev–Trinajstić information content (AvgIpc) is 3.36. The minimum Gasteiger partial charge on any atom is -0.744 e. The fourth-order valence-electron chi connectivity index (χ4n) is 10.9. The van der Waals surface area contributed by atoms with E-state index in [4.69, 9.17) is 0 Å². The van der Waals surface area contributed by atoms with Crippen molar-refractivity contribution in [1.29, 1.82) is 0 Å². The minimum absolute atomic E-state index is 0. The van der Waals surface area contributed by atoms with Gasteiger partial charge >= 0.3 is 48.9 Å². The first-order chi connectivity index (χ1) is 35.0. The van der Waals surface area contributed by atoms with Crippen molar-refractivity contribution in [2.24, 2.45) is 0 Å². The third-order valence-corrected chi connectivity index (χ3v) is 17.0. The zero-order valence-electron chi connectivity index (χ0n) is 47.0. The maximum atomic E-state index is 12.3. The third kappa shape index (κ3) is 28.3. The van der Waals surface area contributed by atoms with E-state index in [0.717, 1.165) is 73.3 Å². The molecule has 0 saturated carbocycles. The van der Waals surface area contributed by atoms with E-state index < -0.39 is 20.2 Å². The van der Waals surface area contributed by atoms with E-state index in [0.29, 0.717) is 23.6 Å². The first-order valence-electron chi connectivity index (χ1n) is 30.0. The van der Waals surface area contributed by atoms with Crippen LogP contribution in [0.3, 0.4) is 0 Å². The van der Waals surface area contributed by atoms with E-state index >= 15 is 0 Å². The van der Waals surface area contributed by atoms with Gasteiger partial charge in [-0.2, -0.15) is 0 Å². The Kier molecular flexibility index (Phi) is 38.9. The summed E-state index contributed by atoms with van der Waals surface area (Å²) in [5, 5.41) is 3.10. The van der Waals surface area contributed by atoms with Crippen LogP contribution in [-0.4, -0.2) is 74.8 Å². The van der Waals surface area contributed by atoms with Gasteiger partial charge in [0.05, 0.1) is 9.79 Å². The van der Waals surface area contributed by atoms with Gasteiger partial charge in [0.1, 0.15) is 20.2 Å². The quantitative estimate of drug-likeness (QED) is 0.0248. The van der Waals surface area contributed by atoms with E-state index in [9.17, 15) is 25.9 Å². The summed E-state index contributed by atoms with van der Waals surface area (Å²) >= 11 is 0. The van der Waals surface area contributed by atoms with E-state index in [2.05, 4.69) is 27.7 Å². The van der Waals surface area contributed by atoms with Crippen LogP contribution in [0, 0.1) is 0 Å². The van der Waals surface area contributed by atoms with E-state index in [-0.39, 0.29) is 58.7 Å². The van der Waals surface area contributed by atoms with Crippen LogP contribution >= 0.6 is 0 Å². The van der Waals surface area contributed by atoms with Gasteiger partial charge < -0.3 is 9.11 Å². The van der Waals surface area contributed by atoms with Crippen molar-refractivity contribution in [2.75, 3.05) is 0 Å². The van der Waals surface area contributed by atoms with Gasteiger partial charge in [-0.15, -0.1) is 0 Å². The molecule has 0 amide bonds. The van der Waals surface area contributed by atoms with Crippen LogP contribution in [0.5, 0.6) is 0 Å². The molecule has 4 aromatic rings. The van der Waals surface area contributed by atoms with Crippen molar-refractivity contribution in [3.8, 4) is 0 Å². The first kappa shape index (κ1) is 67.9. The zero-order valence-corrected chi connectivity index (χ0v) is 53.1. The molecule has 0 unspecified atom stereocenters. The van der Waals surface area contributed by atoms with Gasteiger partial charge in [0.15, 0.2) is 0 Å².